The first-order chi connectivity index (χ1) is 8.35. The maximum absolute atomic E-state index is 4.41. The molecule has 0 amide bonds. The van der Waals surface area contributed by atoms with E-state index in [1.165, 1.54) is 37.7 Å². The van der Waals surface area contributed by atoms with Crippen molar-refractivity contribution in [2.75, 3.05) is 6.54 Å². The molecule has 96 valence electrons. The number of nitrogens with one attached hydrogen (secondary N) is 1. The van der Waals surface area contributed by atoms with Crippen molar-refractivity contribution in [3.63, 3.8) is 0 Å². The van der Waals surface area contributed by atoms with Gasteiger partial charge in [0.25, 0.3) is 0 Å². The second-order valence-electron chi connectivity index (χ2n) is 5.11. The van der Waals surface area contributed by atoms with Gasteiger partial charge in [0.05, 0.1) is 6.20 Å². The van der Waals surface area contributed by atoms with Crippen LogP contribution in [0.3, 0.4) is 0 Å². The van der Waals surface area contributed by atoms with Crippen molar-refractivity contribution in [3.8, 4) is 0 Å². The minimum atomic E-state index is 0.526. The zero-order valence-corrected chi connectivity index (χ0v) is 11.2. The van der Waals surface area contributed by atoms with E-state index in [0.29, 0.717) is 6.04 Å². The number of hydrogen-bond donors (Lipinski definition) is 1. The van der Waals surface area contributed by atoms with E-state index in [2.05, 4.69) is 36.7 Å². The fourth-order valence-corrected chi connectivity index (χ4v) is 2.86. The van der Waals surface area contributed by atoms with Crippen LogP contribution in [0, 0.1) is 5.92 Å². The third-order valence-electron chi connectivity index (χ3n) is 3.82. The SMILES string of the molecule is CCCNC(c1cnn(CC)c1)C1CCCC1. The van der Waals surface area contributed by atoms with E-state index < -0.39 is 0 Å². The van der Waals surface area contributed by atoms with Gasteiger partial charge in [-0.3, -0.25) is 4.68 Å². The van der Waals surface area contributed by atoms with Gasteiger partial charge in [-0.2, -0.15) is 5.10 Å². The van der Waals surface area contributed by atoms with Crippen LogP contribution < -0.4 is 5.32 Å². The molecule has 3 heteroatoms. The summed E-state index contributed by atoms with van der Waals surface area (Å²) in [6.07, 6.45) is 11.0. The number of aryl methyl sites for hydroxylation is 1. The molecule has 0 spiro atoms. The molecule has 3 nitrogen and oxygen atoms in total. The zero-order chi connectivity index (χ0) is 12.1. The molecule has 2 rings (SSSR count). The lowest BCUT2D eigenvalue weighted by Gasteiger charge is -2.23. The van der Waals surface area contributed by atoms with Crippen LogP contribution in [-0.2, 0) is 6.54 Å². The highest BCUT2D eigenvalue weighted by atomic mass is 15.3. The normalized spacial score (nSPS) is 18.7. The highest BCUT2D eigenvalue weighted by Gasteiger charge is 2.26. The van der Waals surface area contributed by atoms with Gasteiger partial charge in [-0.05, 0) is 38.6 Å². The minimum Gasteiger partial charge on any atom is -0.310 e. The molecule has 1 unspecified atom stereocenters. The van der Waals surface area contributed by atoms with Crippen LogP contribution in [0.5, 0.6) is 0 Å². The molecule has 1 aromatic rings. The monoisotopic (exact) mass is 235 g/mol. The standard InChI is InChI=1S/C14H25N3/c1-3-9-15-14(12-7-5-6-8-12)13-10-16-17(4-2)11-13/h10-12,14-15H,3-9H2,1-2H3. The molecule has 0 aliphatic heterocycles. The highest BCUT2D eigenvalue weighted by Crippen LogP contribution is 2.35. The predicted molar refractivity (Wildman–Crippen MR) is 70.9 cm³/mol. The molecule has 1 aliphatic rings. The topological polar surface area (TPSA) is 29.9 Å². The van der Waals surface area contributed by atoms with Crippen molar-refractivity contribution in [1.29, 1.82) is 0 Å². The summed E-state index contributed by atoms with van der Waals surface area (Å²) in [6.45, 7) is 6.44. The molecule has 0 bridgehead atoms. The second kappa shape index (κ2) is 6.20. The number of aromatic nitrogens is 2. The van der Waals surface area contributed by atoms with Crippen molar-refractivity contribution >= 4 is 0 Å². The van der Waals surface area contributed by atoms with Crippen LogP contribution in [0.15, 0.2) is 12.4 Å². The van der Waals surface area contributed by atoms with E-state index in [-0.39, 0.29) is 0 Å². The van der Waals surface area contributed by atoms with Crippen LogP contribution in [0.2, 0.25) is 0 Å². The molecule has 1 aromatic heterocycles. The lowest BCUT2D eigenvalue weighted by Crippen LogP contribution is -2.27. The van der Waals surface area contributed by atoms with Gasteiger partial charge in [-0.25, -0.2) is 0 Å². The van der Waals surface area contributed by atoms with Crippen molar-refractivity contribution in [3.05, 3.63) is 18.0 Å². The van der Waals surface area contributed by atoms with Crippen LogP contribution in [-0.4, -0.2) is 16.3 Å². The van der Waals surface area contributed by atoms with Gasteiger partial charge >= 0.3 is 0 Å². The molecule has 0 saturated heterocycles. The largest absolute Gasteiger partial charge is 0.310 e. The Balaban J connectivity index is 2.07. The van der Waals surface area contributed by atoms with Crippen molar-refractivity contribution < 1.29 is 0 Å². The number of nitrogens with zero attached hydrogens (tertiary/aromatic N) is 2. The first-order valence-electron chi connectivity index (χ1n) is 7.10. The third-order valence-corrected chi connectivity index (χ3v) is 3.82. The first kappa shape index (κ1) is 12.6. The fourth-order valence-electron chi connectivity index (χ4n) is 2.86. The van der Waals surface area contributed by atoms with Crippen molar-refractivity contribution in [2.45, 2.75) is 58.5 Å². The van der Waals surface area contributed by atoms with E-state index in [0.717, 1.165) is 19.0 Å². The summed E-state index contributed by atoms with van der Waals surface area (Å²) in [5, 5.41) is 8.12. The smallest absolute Gasteiger partial charge is 0.0537 e. The second-order valence-corrected chi connectivity index (χ2v) is 5.11. The number of hydrogen-bond acceptors (Lipinski definition) is 2. The van der Waals surface area contributed by atoms with E-state index in [4.69, 9.17) is 0 Å². The van der Waals surface area contributed by atoms with Crippen molar-refractivity contribution in [1.82, 2.24) is 15.1 Å². The Hall–Kier alpha value is -0.830. The van der Waals surface area contributed by atoms with E-state index in [1.807, 2.05) is 4.68 Å². The maximum atomic E-state index is 4.41. The molecular formula is C14H25N3. The van der Waals surface area contributed by atoms with Gasteiger partial charge in [-0.15, -0.1) is 0 Å². The Morgan fingerprint density at radius 1 is 1.41 bits per heavy atom. The average Bonchev–Trinajstić information content (AvgIpc) is 3.00. The number of rotatable bonds is 6. The molecule has 0 aromatic carbocycles. The van der Waals surface area contributed by atoms with Gasteiger partial charge < -0.3 is 5.32 Å². The Labute approximate surface area is 105 Å². The van der Waals surface area contributed by atoms with Crippen LogP contribution in [0.4, 0.5) is 0 Å². The summed E-state index contributed by atoms with van der Waals surface area (Å²) < 4.78 is 2.03. The highest BCUT2D eigenvalue weighted by molar-refractivity contribution is 5.12. The Kier molecular flexibility index (Phi) is 4.60. The van der Waals surface area contributed by atoms with E-state index in [9.17, 15) is 0 Å². The molecule has 0 radical (unpaired) electrons. The summed E-state index contributed by atoms with van der Waals surface area (Å²) in [5.41, 5.74) is 1.38. The third kappa shape index (κ3) is 3.09. The maximum Gasteiger partial charge on any atom is 0.0537 e. The van der Waals surface area contributed by atoms with Crippen LogP contribution in [0.1, 0.15) is 57.6 Å². The van der Waals surface area contributed by atoms with E-state index >= 15 is 0 Å². The van der Waals surface area contributed by atoms with Gasteiger partial charge in [-0.1, -0.05) is 19.8 Å². The van der Waals surface area contributed by atoms with Gasteiger partial charge in [0.1, 0.15) is 0 Å². The molecule has 1 saturated carbocycles. The summed E-state index contributed by atoms with van der Waals surface area (Å²) in [4.78, 5) is 0. The summed E-state index contributed by atoms with van der Waals surface area (Å²) >= 11 is 0. The Morgan fingerprint density at radius 3 is 2.76 bits per heavy atom. The fraction of sp³-hybridized carbons (Fsp3) is 0.786. The average molecular weight is 235 g/mol. The van der Waals surface area contributed by atoms with E-state index in [1.54, 1.807) is 0 Å². The van der Waals surface area contributed by atoms with Gasteiger partial charge in [0.2, 0.25) is 0 Å². The quantitative estimate of drug-likeness (QED) is 0.821. The summed E-state index contributed by atoms with van der Waals surface area (Å²) in [5.74, 6) is 0.816. The van der Waals surface area contributed by atoms with Gasteiger partial charge in [0, 0.05) is 24.3 Å². The summed E-state index contributed by atoms with van der Waals surface area (Å²) in [6, 6.07) is 0.526. The molecule has 1 N–H and O–H groups in total. The molecule has 17 heavy (non-hydrogen) atoms. The molecular weight excluding hydrogens is 210 g/mol. The lowest BCUT2D eigenvalue weighted by molar-refractivity contribution is 0.368. The predicted octanol–water partition coefficient (Wildman–Crippen LogP) is 3.13. The van der Waals surface area contributed by atoms with Crippen molar-refractivity contribution in [2.24, 2.45) is 5.92 Å². The lowest BCUT2D eigenvalue weighted by atomic mass is 9.93. The zero-order valence-electron chi connectivity index (χ0n) is 11.2. The molecule has 1 fully saturated rings. The summed E-state index contributed by atoms with van der Waals surface area (Å²) in [7, 11) is 0. The first-order valence-corrected chi connectivity index (χ1v) is 7.10. The van der Waals surface area contributed by atoms with Crippen LogP contribution >= 0.6 is 0 Å². The Morgan fingerprint density at radius 2 is 2.18 bits per heavy atom. The molecule has 1 atom stereocenters. The van der Waals surface area contributed by atoms with Crippen LogP contribution in [0.25, 0.3) is 0 Å². The Bertz CT molecular complexity index is 326. The molecule has 1 aliphatic carbocycles. The minimum absolute atomic E-state index is 0.526. The van der Waals surface area contributed by atoms with Gasteiger partial charge in [0.15, 0.2) is 0 Å². The molecule has 1 heterocycles.